The second-order valence-corrected chi connectivity index (χ2v) is 4.66. The quantitative estimate of drug-likeness (QED) is 0.610. The molecule has 1 aliphatic rings. The van der Waals surface area contributed by atoms with Gasteiger partial charge in [-0.1, -0.05) is 0 Å². The van der Waals surface area contributed by atoms with Gasteiger partial charge in [0.25, 0.3) is 0 Å². The average molecular weight is 247 g/mol. The van der Waals surface area contributed by atoms with E-state index in [9.17, 15) is 9.59 Å². The van der Waals surface area contributed by atoms with Crippen molar-refractivity contribution in [3.8, 4) is 0 Å². The van der Waals surface area contributed by atoms with E-state index in [1.807, 2.05) is 6.07 Å². The number of nitrogen functional groups attached to an aromatic ring is 1. The smallest absolute Gasteiger partial charge is 0.222 e. The lowest BCUT2D eigenvalue weighted by molar-refractivity contribution is -0.121. The summed E-state index contributed by atoms with van der Waals surface area (Å²) < 4.78 is 0. The van der Waals surface area contributed by atoms with Crippen LogP contribution in [0.25, 0.3) is 0 Å². The van der Waals surface area contributed by atoms with Crippen molar-refractivity contribution < 1.29 is 9.59 Å². The monoisotopic (exact) mass is 247 g/mol. The van der Waals surface area contributed by atoms with E-state index in [0.29, 0.717) is 17.8 Å². The summed E-state index contributed by atoms with van der Waals surface area (Å²) in [5, 5.41) is 0. The van der Waals surface area contributed by atoms with E-state index >= 15 is 0 Å². The summed E-state index contributed by atoms with van der Waals surface area (Å²) in [4.78, 5) is 24.5. The Bertz CT molecular complexity index is 499. The van der Waals surface area contributed by atoms with Crippen LogP contribution in [0.3, 0.4) is 0 Å². The van der Waals surface area contributed by atoms with Crippen LogP contribution in [-0.4, -0.2) is 24.8 Å². The maximum Gasteiger partial charge on any atom is 0.222 e. The Kier molecular flexibility index (Phi) is 3.23. The molecule has 1 fully saturated rings. The van der Waals surface area contributed by atoms with Gasteiger partial charge in [-0.3, -0.25) is 9.59 Å². The third-order valence-corrected chi connectivity index (χ3v) is 3.37. The topological polar surface area (TPSA) is 89.4 Å². The van der Waals surface area contributed by atoms with Gasteiger partial charge in [0, 0.05) is 30.0 Å². The molecule has 1 aromatic rings. The second kappa shape index (κ2) is 4.68. The van der Waals surface area contributed by atoms with Gasteiger partial charge < -0.3 is 16.4 Å². The molecule has 1 saturated heterocycles. The van der Waals surface area contributed by atoms with Gasteiger partial charge in [-0.05, 0) is 31.5 Å². The number of anilines is 2. The average Bonchev–Trinajstić information content (AvgIpc) is 2.77. The predicted molar refractivity (Wildman–Crippen MR) is 70.4 cm³/mol. The number of nitrogens with zero attached hydrogens (tertiary/aromatic N) is 1. The van der Waals surface area contributed by atoms with Crippen LogP contribution in [-0.2, 0) is 4.79 Å². The lowest BCUT2D eigenvalue weighted by Crippen LogP contribution is -2.27. The first kappa shape index (κ1) is 12.4. The van der Waals surface area contributed by atoms with Crippen LogP contribution >= 0.6 is 0 Å². The summed E-state index contributed by atoms with van der Waals surface area (Å²) in [5.41, 5.74) is 13.1. The van der Waals surface area contributed by atoms with Crippen molar-refractivity contribution in [2.75, 3.05) is 23.7 Å². The normalized spacial score (nSPS) is 18.9. The lowest BCUT2D eigenvalue weighted by atomic mass is 10.1. The summed E-state index contributed by atoms with van der Waals surface area (Å²) in [5.74, 6) is -0.403. The third kappa shape index (κ3) is 2.30. The van der Waals surface area contributed by atoms with Crippen LogP contribution in [0.2, 0.25) is 0 Å². The SMILES string of the molecule is CC(=O)c1ccc(N2CCC(C(N)=O)C2)cc1N. The Labute approximate surface area is 106 Å². The molecule has 96 valence electrons. The Morgan fingerprint density at radius 3 is 2.61 bits per heavy atom. The van der Waals surface area contributed by atoms with Crippen LogP contribution in [0.5, 0.6) is 0 Å². The van der Waals surface area contributed by atoms with Crippen molar-refractivity contribution in [3.63, 3.8) is 0 Å². The Balaban J connectivity index is 2.18. The number of rotatable bonds is 3. The van der Waals surface area contributed by atoms with Crippen molar-refractivity contribution in [3.05, 3.63) is 23.8 Å². The maximum atomic E-state index is 11.3. The number of hydrogen-bond acceptors (Lipinski definition) is 4. The standard InChI is InChI=1S/C13H17N3O2/c1-8(17)11-3-2-10(6-12(11)14)16-5-4-9(7-16)13(15)18/h2-3,6,9H,4-5,7,14H2,1H3,(H2,15,18). The van der Waals surface area contributed by atoms with Crippen molar-refractivity contribution in [1.82, 2.24) is 0 Å². The summed E-state index contributed by atoms with van der Waals surface area (Å²) in [6.45, 7) is 2.89. The lowest BCUT2D eigenvalue weighted by Gasteiger charge is -2.19. The number of ketones is 1. The number of amides is 1. The molecule has 0 spiro atoms. The maximum absolute atomic E-state index is 11.3. The Morgan fingerprint density at radius 1 is 1.39 bits per heavy atom. The molecule has 1 atom stereocenters. The summed E-state index contributed by atoms with van der Waals surface area (Å²) in [7, 11) is 0. The van der Waals surface area contributed by atoms with Crippen molar-refractivity contribution >= 4 is 23.1 Å². The molecule has 5 heteroatoms. The molecule has 4 N–H and O–H groups in total. The number of carbonyl (C=O) groups is 2. The zero-order valence-corrected chi connectivity index (χ0v) is 10.3. The molecule has 1 aliphatic heterocycles. The van der Waals surface area contributed by atoms with E-state index < -0.39 is 0 Å². The molecule has 2 rings (SSSR count). The predicted octanol–water partition coefficient (Wildman–Crippen LogP) is 0.783. The molecule has 0 saturated carbocycles. The van der Waals surface area contributed by atoms with Crippen molar-refractivity contribution in [2.45, 2.75) is 13.3 Å². The van der Waals surface area contributed by atoms with Crippen LogP contribution in [0, 0.1) is 5.92 Å². The molecule has 0 aromatic heterocycles. The minimum Gasteiger partial charge on any atom is -0.398 e. The molecule has 0 aliphatic carbocycles. The molecule has 0 bridgehead atoms. The zero-order chi connectivity index (χ0) is 13.3. The highest BCUT2D eigenvalue weighted by molar-refractivity contribution is 5.99. The molecule has 0 radical (unpaired) electrons. The van der Waals surface area contributed by atoms with Crippen LogP contribution in [0.1, 0.15) is 23.7 Å². The van der Waals surface area contributed by atoms with Gasteiger partial charge in [-0.2, -0.15) is 0 Å². The molecule has 1 heterocycles. The number of benzene rings is 1. The van der Waals surface area contributed by atoms with E-state index in [1.165, 1.54) is 6.92 Å². The largest absolute Gasteiger partial charge is 0.398 e. The molecule has 1 aromatic carbocycles. The van der Waals surface area contributed by atoms with E-state index in [4.69, 9.17) is 11.5 Å². The summed E-state index contributed by atoms with van der Waals surface area (Å²) in [6, 6.07) is 5.36. The minimum atomic E-state index is -0.258. The zero-order valence-electron chi connectivity index (χ0n) is 10.3. The molecular weight excluding hydrogens is 230 g/mol. The molecular formula is C13H17N3O2. The molecule has 18 heavy (non-hydrogen) atoms. The number of Topliss-reactive ketones (excluding diaryl/α,β-unsaturated/α-hetero) is 1. The number of nitrogens with two attached hydrogens (primary N) is 2. The van der Waals surface area contributed by atoms with E-state index in [1.54, 1.807) is 12.1 Å². The van der Waals surface area contributed by atoms with Crippen LogP contribution in [0.4, 0.5) is 11.4 Å². The first-order valence-electron chi connectivity index (χ1n) is 5.93. The fourth-order valence-electron chi connectivity index (χ4n) is 2.29. The van der Waals surface area contributed by atoms with E-state index in [-0.39, 0.29) is 17.6 Å². The van der Waals surface area contributed by atoms with Gasteiger partial charge in [0.2, 0.25) is 5.91 Å². The first-order valence-corrected chi connectivity index (χ1v) is 5.93. The highest BCUT2D eigenvalue weighted by atomic mass is 16.1. The Morgan fingerprint density at radius 2 is 2.11 bits per heavy atom. The summed E-state index contributed by atoms with van der Waals surface area (Å²) >= 11 is 0. The fraction of sp³-hybridized carbons (Fsp3) is 0.385. The summed E-state index contributed by atoms with van der Waals surface area (Å²) in [6.07, 6.45) is 0.768. The van der Waals surface area contributed by atoms with Gasteiger partial charge >= 0.3 is 0 Å². The number of hydrogen-bond donors (Lipinski definition) is 2. The van der Waals surface area contributed by atoms with Crippen LogP contribution in [0.15, 0.2) is 18.2 Å². The fourth-order valence-corrected chi connectivity index (χ4v) is 2.29. The van der Waals surface area contributed by atoms with Gasteiger partial charge in [0.15, 0.2) is 5.78 Å². The van der Waals surface area contributed by atoms with Gasteiger partial charge in [-0.25, -0.2) is 0 Å². The highest BCUT2D eigenvalue weighted by Crippen LogP contribution is 2.27. The van der Waals surface area contributed by atoms with E-state index in [0.717, 1.165) is 18.7 Å². The first-order chi connectivity index (χ1) is 8.49. The van der Waals surface area contributed by atoms with Gasteiger partial charge in [0.05, 0.1) is 5.92 Å². The van der Waals surface area contributed by atoms with Gasteiger partial charge in [-0.15, -0.1) is 0 Å². The number of primary amides is 1. The van der Waals surface area contributed by atoms with Crippen LogP contribution < -0.4 is 16.4 Å². The second-order valence-electron chi connectivity index (χ2n) is 4.66. The van der Waals surface area contributed by atoms with Crippen molar-refractivity contribution in [1.29, 1.82) is 0 Å². The highest BCUT2D eigenvalue weighted by Gasteiger charge is 2.26. The molecule has 1 amide bonds. The van der Waals surface area contributed by atoms with E-state index in [2.05, 4.69) is 4.90 Å². The minimum absolute atomic E-state index is 0.0458. The molecule has 5 nitrogen and oxygen atoms in total. The van der Waals surface area contributed by atoms with Crippen molar-refractivity contribution in [2.24, 2.45) is 11.7 Å². The van der Waals surface area contributed by atoms with Gasteiger partial charge in [0.1, 0.15) is 0 Å². The third-order valence-electron chi connectivity index (χ3n) is 3.37. The molecule has 1 unspecified atom stereocenters. The number of carbonyl (C=O) groups excluding carboxylic acids is 2. The Hall–Kier alpha value is -2.04.